The lowest BCUT2D eigenvalue weighted by Gasteiger charge is -2.07. The van der Waals surface area contributed by atoms with E-state index in [1.165, 1.54) is 0 Å². The van der Waals surface area contributed by atoms with Crippen LogP contribution in [0.15, 0.2) is 48.5 Å². The third kappa shape index (κ3) is 2.69. The van der Waals surface area contributed by atoms with E-state index in [4.69, 9.17) is 5.73 Å². The van der Waals surface area contributed by atoms with Gasteiger partial charge < -0.3 is 11.1 Å². The molecule has 3 N–H and O–H groups in total. The predicted octanol–water partition coefficient (Wildman–Crippen LogP) is 2.69. The van der Waals surface area contributed by atoms with Crippen LogP contribution in [0, 0.1) is 0 Å². The van der Waals surface area contributed by atoms with E-state index < -0.39 is 0 Å². The molecule has 0 aliphatic rings. The lowest BCUT2D eigenvalue weighted by Crippen LogP contribution is -2.22. The van der Waals surface area contributed by atoms with E-state index in [1.807, 2.05) is 49.4 Å². The summed E-state index contributed by atoms with van der Waals surface area (Å²) in [5, 5.41) is 2.77. The van der Waals surface area contributed by atoms with Crippen LogP contribution in [0.5, 0.6) is 0 Å². The second kappa shape index (κ2) is 5.36. The minimum absolute atomic E-state index is 0.0954. The summed E-state index contributed by atoms with van der Waals surface area (Å²) in [5.74, 6) is -0.0954. The second-order valence-corrected chi connectivity index (χ2v) is 4.07. The Labute approximate surface area is 107 Å². The van der Waals surface area contributed by atoms with Crippen LogP contribution >= 0.6 is 0 Å². The Bertz CT molecular complexity index is 550. The highest BCUT2D eigenvalue weighted by Crippen LogP contribution is 2.23. The van der Waals surface area contributed by atoms with Crippen molar-refractivity contribution < 1.29 is 4.79 Å². The molecule has 2 aromatic rings. The fourth-order valence-corrected chi connectivity index (χ4v) is 1.84. The molecule has 0 bridgehead atoms. The molecule has 3 nitrogen and oxygen atoms in total. The van der Waals surface area contributed by atoms with E-state index in [0.717, 1.165) is 11.1 Å². The average Bonchev–Trinajstić information content (AvgIpc) is 2.39. The highest BCUT2D eigenvalue weighted by Gasteiger charge is 2.07. The SMILES string of the molecule is CCNC(=O)c1cc(N)cc(-c2ccccc2)c1. The molecule has 18 heavy (non-hydrogen) atoms. The highest BCUT2D eigenvalue weighted by atomic mass is 16.1. The van der Waals surface area contributed by atoms with Gasteiger partial charge in [-0.25, -0.2) is 0 Å². The first kappa shape index (κ1) is 12.2. The molecular weight excluding hydrogens is 224 g/mol. The van der Waals surface area contributed by atoms with E-state index in [-0.39, 0.29) is 5.91 Å². The van der Waals surface area contributed by atoms with Crippen molar-refractivity contribution in [3.63, 3.8) is 0 Å². The molecule has 0 saturated carbocycles. The fourth-order valence-electron chi connectivity index (χ4n) is 1.84. The number of nitrogens with two attached hydrogens (primary N) is 1. The monoisotopic (exact) mass is 240 g/mol. The highest BCUT2D eigenvalue weighted by molar-refractivity contribution is 5.96. The second-order valence-electron chi connectivity index (χ2n) is 4.07. The third-order valence-corrected chi connectivity index (χ3v) is 2.66. The van der Waals surface area contributed by atoms with Crippen LogP contribution in [0.25, 0.3) is 11.1 Å². The number of benzene rings is 2. The molecule has 0 heterocycles. The van der Waals surface area contributed by atoms with Crippen LogP contribution < -0.4 is 11.1 Å². The maximum atomic E-state index is 11.8. The average molecular weight is 240 g/mol. The first-order valence-corrected chi connectivity index (χ1v) is 5.95. The lowest BCUT2D eigenvalue weighted by molar-refractivity contribution is 0.0956. The van der Waals surface area contributed by atoms with Gasteiger partial charge in [0.2, 0.25) is 0 Å². The molecule has 3 heteroatoms. The van der Waals surface area contributed by atoms with E-state index in [1.54, 1.807) is 6.07 Å². The first-order chi connectivity index (χ1) is 8.70. The van der Waals surface area contributed by atoms with Gasteiger partial charge in [0.15, 0.2) is 0 Å². The van der Waals surface area contributed by atoms with E-state index >= 15 is 0 Å². The Balaban J connectivity index is 2.41. The first-order valence-electron chi connectivity index (χ1n) is 5.95. The molecular formula is C15H16N2O. The molecule has 0 aliphatic carbocycles. The van der Waals surface area contributed by atoms with Gasteiger partial charge in [0.05, 0.1) is 0 Å². The Hall–Kier alpha value is -2.29. The Morgan fingerprint density at radius 2 is 1.83 bits per heavy atom. The smallest absolute Gasteiger partial charge is 0.251 e. The van der Waals surface area contributed by atoms with Gasteiger partial charge in [-0.05, 0) is 36.2 Å². The van der Waals surface area contributed by atoms with E-state index in [2.05, 4.69) is 5.32 Å². The van der Waals surface area contributed by atoms with Crippen molar-refractivity contribution in [1.29, 1.82) is 0 Å². The minimum Gasteiger partial charge on any atom is -0.399 e. The molecule has 0 atom stereocenters. The molecule has 0 aliphatic heterocycles. The summed E-state index contributed by atoms with van der Waals surface area (Å²) in [5.41, 5.74) is 9.05. The molecule has 2 aromatic carbocycles. The summed E-state index contributed by atoms with van der Waals surface area (Å²) in [4.78, 5) is 11.8. The maximum absolute atomic E-state index is 11.8. The van der Waals surface area contributed by atoms with Gasteiger partial charge in [-0.3, -0.25) is 4.79 Å². The van der Waals surface area contributed by atoms with Crippen molar-refractivity contribution >= 4 is 11.6 Å². The van der Waals surface area contributed by atoms with Crippen molar-refractivity contribution in [1.82, 2.24) is 5.32 Å². The number of rotatable bonds is 3. The van der Waals surface area contributed by atoms with Crippen molar-refractivity contribution in [3.05, 3.63) is 54.1 Å². The molecule has 0 unspecified atom stereocenters. The van der Waals surface area contributed by atoms with Crippen molar-refractivity contribution in [2.75, 3.05) is 12.3 Å². The molecule has 92 valence electrons. The van der Waals surface area contributed by atoms with Gasteiger partial charge in [-0.1, -0.05) is 30.3 Å². The Kier molecular flexibility index (Phi) is 3.63. The number of carbonyl (C=O) groups excluding carboxylic acids is 1. The summed E-state index contributed by atoms with van der Waals surface area (Å²) in [7, 11) is 0. The molecule has 0 fully saturated rings. The normalized spacial score (nSPS) is 10.1. The minimum atomic E-state index is -0.0954. The molecule has 1 amide bonds. The van der Waals surface area contributed by atoms with Crippen LogP contribution in [0.4, 0.5) is 5.69 Å². The summed E-state index contributed by atoms with van der Waals surface area (Å²) in [6.07, 6.45) is 0. The zero-order valence-corrected chi connectivity index (χ0v) is 10.3. The zero-order chi connectivity index (χ0) is 13.0. The molecule has 2 rings (SSSR count). The lowest BCUT2D eigenvalue weighted by atomic mass is 10.0. The van der Waals surface area contributed by atoms with Crippen LogP contribution in [0.1, 0.15) is 17.3 Å². The number of hydrogen-bond acceptors (Lipinski definition) is 2. The molecule has 0 aromatic heterocycles. The number of anilines is 1. The molecule has 0 spiro atoms. The quantitative estimate of drug-likeness (QED) is 0.810. The number of carbonyl (C=O) groups is 1. The van der Waals surface area contributed by atoms with Gasteiger partial charge in [0, 0.05) is 17.8 Å². The fraction of sp³-hybridized carbons (Fsp3) is 0.133. The predicted molar refractivity (Wildman–Crippen MR) is 74.3 cm³/mol. The largest absolute Gasteiger partial charge is 0.399 e. The van der Waals surface area contributed by atoms with Crippen molar-refractivity contribution in [3.8, 4) is 11.1 Å². The van der Waals surface area contributed by atoms with E-state index in [9.17, 15) is 4.79 Å². The summed E-state index contributed by atoms with van der Waals surface area (Å²) >= 11 is 0. The van der Waals surface area contributed by atoms with Crippen LogP contribution in [-0.4, -0.2) is 12.5 Å². The van der Waals surface area contributed by atoms with Gasteiger partial charge in [-0.15, -0.1) is 0 Å². The van der Waals surface area contributed by atoms with E-state index in [0.29, 0.717) is 17.8 Å². The van der Waals surface area contributed by atoms with Crippen LogP contribution in [-0.2, 0) is 0 Å². The number of nitrogens with one attached hydrogen (secondary N) is 1. The van der Waals surface area contributed by atoms with Gasteiger partial charge in [0.25, 0.3) is 5.91 Å². The molecule has 0 radical (unpaired) electrons. The number of hydrogen-bond donors (Lipinski definition) is 2. The maximum Gasteiger partial charge on any atom is 0.251 e. The van der Waals surface area contributed by atoms with Crippen molar-refractivity contribution in [2.45, 2.75) is 6.92 Å². The van der Waals surface area contributed by atoms with Gasteiger partial charge in [0.1, 0.15) is 0 Å². The zero-order valence-electron chi connectivity index (χ0n) is 10.3. The molecule has 0 saturated heterocycles. The van der Waals surface area contributed by atoms with Gasteiger partial charge in [-0.2, -0.15) is 0 Å². The third-order valence-electron chi connectivity index (χ3n) is 2.66. The Morgan fingerprint density at radius 1 is 1.11 bits per heavy atom. The topological polar surface area (TPSA) is 55.1 Å². The van der Waals surface area contributed by atoms with Gasteiger partial charge >= 0.3 is 0 Å². The number of nitrogen functional groups attached to an aromatic ring is 1. The van der Waals surface area contributed by atoms with Crippen LogP contribution in [0.3, 0.4) is 0 Å². The van der Waals surface area contributed by atoms with Crippen molar-refractivity contribution in [2.24, 2.45) is 0 Å². The summed E-state index contributed by atoms with van der Waals surface area (Å²) in [6, 6.07) is 15.3. The van der Waals surface area contributed by atoms with Crippen LogP contribution in [0.2, 0.25) is 0 Å². The standard InChI is InChI=1S/C15H16N2O/c1-2-17-15(18)13-8-12(9-14(16)10-13)11-6-4-3-5-7-11/h3-10H,2,16H2,1H3,(H,17,18). The summed E-state index contributed by atoms with van der Waals surface area (Å²) in [6.45, 7) is 2.50. The summed E-state index contributed by atoms with van der Waals surface area (Å²) < 4.78 is 0. The number of amides is 1. The Morgan fingerprint density at radius 3 is 2.50 bits per heavy atom.